The van der Waals surface area contributed by atoms with Gasteiger partial charge in [0, 0.05) is 12.6 Å². The maximum atomic E-state index is 13.6. The van der Waals surface area contributed by atoms with Crippen molar-refractivity contribution < 1.29 is 19.1 Å². The topological polar surface area (TPSA) is 99.0 Å². The second-order valence-electron chi connectivity index (χ2n) is 7.88. The number of hydrogen-bond donors (Lipinski definition) is 1. The van der Waals surface area contributed by atoms with E-state index in [-0.39, 0.29) is 18.1 Å². The number of allylic oxidation sites excluding steroid dienone is 1. The van der Waals surface area contributed by atoms with E-state index in [9.17, 15) is 14.4 Å². The van der Waals surface area contributed by atoms with Crippen LogP contribution in [-0.2, 0) is 14.3 Å². The van der Waals surface area contributed by atoms with Gasteiger partial charge in [0.05, 0.1) is 35.6 Å². The Balaban J connectivity index is 1.85. The molecule has 0 radical (unpaired) electrons. The Morgan fingerprint density at radius 1 is 1.14 bits per heavy atom. The first kappa shape index (κ1) is 24.2. The number of aromatic nitrogens is 1. The second-order valence-corrected chi connectivity index (χ2v) is 8.89. The lowest BCUT2D eigenvalue weighted by Crippen LogP contribution is -2.39. The van der Waals surface area contributed by atoms with Gasteiger partial charge in [0.25, 0.3) is 5.56 Å². The molecule has 1 N–H and O–H groups in total. The maximum absolute atomic E-state index is 13.6. The average Bonchev–Trinajstić information content (AvgIpc) is 3.13. The SMILES string of the molecule is CCOC(=O)C1=C(C)N=c2s/c(=C\c3ccc(NC(C)=O)cc3)c(=O)n2[C@H]1c1ccc(OC)cc1. The summed E-state index contributed by atoms with van der Waals surface area (Å²) in [6.45, 7) is 5.15. The van der Waals surface area contributed by atoms with Crippen LogP contribution in [0.3, 0.4) is 0 Å². The van der Waals surface area contributed by atoms with Gasteiger partial charge in [-0.1, -0.05) is 35.6 Å². The molecule has 35 heavy (non-hydrogen) atoms. The molecule has 0 bridgehead atoms. The van der Waals surface area contributed by atoms with E-state index in [0.717, 1.165) is 11.1 Å². The highest BCUT2D eigenvalue weighted by Crippen LogP contribution is 2.31. The van der Waals surface area contributed by atoms with E-state index >= 15 is 0 Å². The van der Waals surface area contributed by atoms with Crippen molar-refractivity contribution in [1.82, 2.24) is 4.57 Å². The third-order valence-corrected chi connectivity index (χ3v) is 6.46. The van der Waals surface area contributed by atoms with Crippen molar-refractivity contribution in [1.29, 1.82) is 0 Å². The Bertz CT molecular complexity index is 1480. The number of nitrogens with zero attached hydrogens (tertiary/aromatic N) is 2. The molecule has 0 saturated heterocycles. The summed E-state index contributed by atoms with van der Waals surface area (Å²) in [5.41, 5.74) is 2.80. The highest BCUT2D eigenvalue weighted by atomic mass is 32.1. The highest BCUT2D eigenvalue weighted by Gasteiger charge is 2.33. The average molecular weight is 492 g/mol. The molecule has 8 nitrogen and oxygen atoms in total. The lowest BCUT2D eigenvalue weighted by atomic mass is 9.96. The third kappa shape index (κ3) is 4.95. The Kier molecular flexibility index (Phi) is 6.97. The number of esters is 1. The fourth-order valence-corrected chi connectivity index (χ4v) is 4.96. The van der Waals surface area contributed by atoms with Crippen molar-refractivity contribution in [2.45, 2.75) is 26.8 Å². The van der Waals surface area contributed by atoms with Crippen molar-refractivity contribution >= 4 is 35.0 Å². The van der Waals surface area contributed by atoms with Gasteiger partial charge < -0.3 is 14.8 Å². The number of methoxy groups -OCH3 is 1. The Labute approximate surface area is 205 Å². The fraction of sp³-hybridized carbons (Fsp3) is 0.231. The molecule has 1 aliphatic rings. The molecule has 3 aromatic rings. The van der Waals surface area contributed by atoms with Crippen LogP contribution in [-0.4, -0.2) is 30.2 Å². The van der Waals surface area contributed by atoms with Crippen molar-refractivity contribution in [3.8, 4) is 5.75 Å². The molecule has 1 aliphatic heterocycles. The zero-order chi connectivity index (χ0) is 25.1. The van der Waals surface area contributed by atoms with E-state index in [2.05, 4.69) is 10.3 Å². The minimum absolute atomic E-state index is 0.155. The van der Waals surface area contributed by atoms with Crippen LogP contribution in [0.15, 0.2) is 69.6 Å². The number of benzene rings is 2. The number of thiazole rings is 1. The van der Waals surface area contributed by atoms with Crippen LogP contribution in [0.1, 0.15) is 37.9 Å². The number of carbonyl (C=O) groups excluding carboxylic acids is 2. The van der Waals surface area contributed by atoms with E-state index in [4.69, 9.17) is 9.47 Å². The minimum atomic E-state index is -0.680. The lowest BCUT2D eigenvalue weighted by molar-refractivity contribution is -0.139. The van der Waals surface area contributed by atoms with E-state index in [1.165, 1.54) is 18.3 Å². The van der Waals surface area contributed by atoms with Crippen molar-refractivity contribution in [3.05, 3.63) is 90.6 Å². The van der Waals surface area contributed by atoms with Gasteiger partial charge in [0.2, 0.25) is 5.91 Å². The summed E-state index contributed by atoms with van der Waals surface area (Å²) in [5.74, 6) is 0.0111. The normalized spacial score (nSPS) is 15.3. The molecule has 0 spiro atoms. The molecule has 2 heterocycles. The van der Waals surface area contributed by atoms with E-state index in [1.54, 1.807) is 55.9 Å². The largest absolute Gasteiger partial charge is 0.497 e. The zero-order valence-corrected chi connectivity index (χ0v) is 20.6. The second kappa shape index (κ2) is 10.1. The van der Waals surface area contributed by atoms with Gasteiger partial charge in [-0.25, -0.2) is 9.79 Å². The van der Waals surface area contributed by atoms with E-state index < -0.39 is 12.0 Å². The number of fused-ring (bicyclic) bond motifs is 1. The molecule has 9 heteroatoms. The van der Waals surface area contributed by atoms with Gasteiger partial charge in [-0.3, -0.25) is 14.2 Å². The molecule has 1 aromatic heterocycles. The zero-order valence-electron chi connectivity index (χ0n) is 19.8. The first-order chi connectivity index (χ1) is 16.8. The molecule has 0 aliphatic carbocycles. The number of carbonyl (C=O) groups is 2. The summed E-state index contributed by atoms with van der Waals surface area (Å²) >= 11 is 1.26. The number of hydrogen-bond acceptors (Lipinski definition) is 7. The molecule has 1 atom stereocenters. The summed E-state index contributed by atoms with van der Waals surface area (Å²) in [5, 5.41) is 2.72. The first-order valence-corrected chi connectivity index (χ1v) is 11.8. The summed E-state index contributed by atoms with van der Waals surface area (Å²) in [7, 11) is 1.58. The summed E-state index contributed by atoms with van der Waals surface area (Å²) in [4.78, 5) is 42.9. The van der Waals surface area contributed by atoms with Crippen LogP contribution < -0.4 is 24.9 Å². The Morgan fingerprint density at radius 2 is 1.83 bits per heavy atom. The van der Waals surface area contributed by atoms with E-state index in [1.807, 2.05) is 24.3 Å². The number of amides is 1. The summed E-state index contributed by atoms with van der Waals surface area (Å²) in [6.07, 6.45) is 1.77. The van der Waals surface area contributed by atoms with Crippen molar-refractivity contribution in [2.24, 2.45) is 4.99 Å². The molecule has 4 rings (SSSR count). The first-order valence-electron chi connectivity index (χ1n) is 11.0. The van der Waals surface area contributed by atoms with Crippen LogP contribution in [0.5, 0.6) is 5.75 Å². The van der Waals surface area contributed by atoms with Gasteiger partial charge >= 0.3 is 5.97 Å². The van der Waals surface area contributed by atoms with Crippen LogP contribution >= 0.6 is 11.3 Å². The fourth-order valence-electron chi connectivity index (χ4n) is 3.91. The molecule has 0 fully saturated rings. The molecular formula is C26H25N3O5S. The lowest BCUT2D eigenvalue weighted by Gasteiger charge is -2.24. The molecule has 1 amide bonds. The van der Waals surface area contributed by atoms with Crippen molar-refractivity contribution in [3.63, 3.8) is 0 Å². The number of nitrogens with one attached hydrogen (secondary N) is 1. The molecular weight excluding hydrogens is 466 g/mol. The molecule has 2 aromatic carbocycles. The monoisotopic (exact) mass is 491 g/mol. The maximum Gasteiger partial charge on any atom is 0.338 e. The van der Waals surface area contributed by atoms with Crippen LogP contribution in [0.2, 0.25) is 0 Å². The number of rotatable bonds is 6. The Morgan fingerprint density at radius 3 is 2.43 bits per heavy atom. The predicted octanol–water partition coefficient (Wildman–Crippen LogP) is 2.77. The summed E-state index contributed by atoms with van der Waals surface area (Å²) in [6, 6.07) is 13.7. The van der Waals surface area contributed by atoms with Gasteiger partial charge in [-0.05, 0) is 55.3 Å². The Hall–Kier alpha value is -3.98. The van der Waals surface area contributed by atoms with Crippen LogP contribution in [0.4, 0.5) is 5.69 Å². The molecule has 0 saturated carbocycles. The smallest absolute Gasteiger partial charge is 0.338 e. The van der Waals surface area contributed by atoms with Gasteiger partial charge in [-0.2, -0.15) is 0 Å². The highest BCUT2D eigenvalue weighted by molar-refractivity contribution is 7.07. The number of ether oxygens (including phenoxy) is 2. The van der Waals surface area contributed by atoms with Crippen molar-refractivity contribution in [2.75, 3.05) is 19.0 Å². The minimum Gasteiger partial charge on any atom is -0.497 e. The summed E-state index contributed by atoms with van der Waals surface area (Å²) < 4.78 is 12.6. The third-order valence-electron chi connectivity index (χ3n) is 5.48. The van der Waals surface area contributed by atoms with Gasteiger partial charge in [-0.15, -0.1) is 0 Å². The standard InChI is InChI=1S/C26H25N3O5S/c1-5-34-25(32)22-15(2)27-26-29(23(22)18-8-12-20(33-4)13-9-18)24(31)21(35-26)14-17-6-10-19(11-7-17)28-16(3)30/h6-14,23H,5H2,1-4H3,(H,28,30)/b21-14-/t23-/m0/s1. The van der Waals surface area contributed by atoms with Crippen LogP contribution in [0, 0.1) is 0 Å². The molecule has 180 valence electrons. The molecule has 0 unspecified atom stereocenters. The van der Waals surface area contributed by atoms with E-state index in [0.29, 0.717) is 32.0 Å². The van der Waals surface area contributed by atoms with Gasteiger partial charge in [0.15, 0.2) is 4.80 Å². The number of anilines is 1. The van der Waals surface area contributed by atoms with Crippen LogP contribution in [0.25, 0.3) is 6.08 Å². The quantitative estimate of drug-likeness (QED) is 0.535. The predicted molar refractivity (Wildman–Crippen MR) is 134 cm³/mol. The van der Waals surface area contributed by atoms with Gasteiger partial charge in [0.1, 0.15) is 5.75 Å².